The molecular formula is C21H22N4O4. The average molecular weight is 394 g/mol. The van der Waals surface area contributed by atoms with E-state index in [2.05, 4.69) is 15.3 Å². The summed E-state index contributed by atoms with van der Waals surface area (Å²) in [6.45, 7) is 2.19. The number of para-hydroxylation sites is 2. The zero-order valence-corrected chi connectivity index (χ0v) is 16.3. The molecule has 0 radical (unpaired) electrons. The molecular weight excluding hydrogens is 372 g/mol. The number of carbonyl (C=O) groups excluding carboxylic acids is 2. The molecule has 0 atom stereocenters. The lowest BCUT2D eigenvalue weighted by atomic mass is 10.2. The molecule has 3 aromatic rings. The van der Waals surface area contributed by atoms with E-state index in [1.807, 2.05) is 6.92 Å². The van der Waals surface area contributed by atoms with Crippen molar-refractivity contribution in [3.05, 3.63) is 70.3 Å². The van der Waals surface area contributed by atoms with Crippen molar-refractivity contribution in [3.63, 3.8) is 0 Å². The van der Waals surface area contributed by atoms with Crippen LogP contribution in [0.25, 0.3) is 10.9 Å². The molecule has 0 bridgehead atoms. The van der Waals surface area contributed by atoms with Gasteiger partial charge in [0, 0.05) is 7.05 Å². The van der Waals surface area contributed by atoms with Crippen LogP contribution in [0.5, 0.6) is 5.75 Å². The van der Waals surface area contributed by atoms with Crippen molar-refractivity contribution in [2.24, 2.45) is 0 Å². The summed E-state index contributed by atoms with van der Waals surface area (Å²) >= 11 is 0. The lowest BCUT2D eigenvalue weighted by molar-refractivity contribution is -0.129. The number of hydrogen-bond acceptors (Lipinski definition) is 5. The Morgan fingerprint density at radius 1 is 1.14 bits per heavy atom. The Kier molecular flexibility index (Phi) is 6.23. The predicted octanol–water partition coefficient (Wildman–Crippen LogP) is 1.71. The van der Waals surface area contributed by atoms with E-state index in [-0.39, 0.29) is 24.6 Å². The number of fused-ring (bicyclic) bond motifs is 1. The van der Waals surface area contributed by atoms with E-state index in [0.717, 1.165) is 0 Å². The maximum absolute atomic E-state index is 12.4. The van der Waals surface area contributed by atoms with E-state index in [9.17, 15) is 14.4 Å². The van der Waals surface area contributed by atoms with Gasteiger partial charge in [-0.15, -0.1) is 0 Å². The molecule has 0 saturated carbocycles. The summed E-state index contributed by atoms with van der Waals surface area (Å²) in [4.78, 5) is 45.4. The highest BCUT2D eigenvalue weighted by Gasteiger charge is 2.16. The van der Waals surface area contributed by atoms with Crippen LogP contribution in [0.1, 0.15) is 23.1 Å². The molecule has 0 aliphatic rings. The smallest absolute Gasteiger partial charge is 0.258 e. The Balaban J connectivity index is 1.63. The highest BCUT2D eigenvalue weighted by atomic mass is 16.5. The normalized spacial score (nSPS) is 10.6. The van der Waals surface area contributed by atoms with Gasteiger partial charge in [0.1, 0.15) is 11.6 Å². The molecule has 0 fully saturated rings. The van der Waals surface area contributed by atoms with Crippen LogP contribution in [-0.2, 0) is 11.3 Å². The Morgan fingerprint density at radius 2 is 1.86 bits per heavy atom. The second-order valence-electron chi connectivity index (χ2n) is 6.39. The van der Waals surface area contributed by atoms with Gasteiger partial charge in [0.15, 0.2) is 0 Å². The standard InChI is InChI=1S/C21H22N4O4/c1-3-29-17-11-7-5-9-15(17)20(27)22-12-19(26)25(2)13-18-23-16-10-6-4-8-14(16)21(28)24-18/h4-11H,3,12-13H2,1-2H3,(H,22,27)(H,23,24,28). The van der Waals surface area contributed by atoms with Crippen molar-refractivity contribution < 1.29 is 14.3 Å². The number of aromatic nitrogens is 2. The van der Waals surface area contributed by atoms with Gasteiger partial charge in [0.05, 0.1) is 36.2 Å². The Bertz CT molecular complexity index is 1090. The summed E-state index contributed by atoms with van der Waals surface area (Å²) in [5, 5.41) is 3.09. The number of rotatable bonds is 7. The van der Waals surface area contributed by atoms with Gasteiger partial charge in [0.25, 0.3) is 11.5 Å². The molecule has 3 rings (SSSR count). The fourth-order valence-corrected chi connectivity index (χ4v) is 2.84. The van der Waals surface area contributed by atoms with Crippen LogP contribution < -0.4 is 15.6 Å². The van der Waals surface area contributed by atoms with Crippen molar-refractivity contribution in [2.45, 2.75) is 13.5 Å². The fourth-order valence-electron chi connectivity index (χ4n) is 2.84. The van der Waals surface area contributed by atoms with E-state index in [0.29, 0.717) is 34.6 Å². The van der Waals surface area contributed by atoms with E-state index in [4.69, 9.17) is 4.74 Å². The number of aromatic amines is 1. The number of amides is 2. The van der Waals surface area contributed by atoms with Gasteiger partial charge < -0.3 is 19.9 Å². The molecule has 0 aliphatic carbocycles. The van der Waals surface area contributed by atoms with Gasteiger partial charge in [-0.3, -0.25) is 14.4 Å². The van der Waals surface area contributed by atoms with Crippen LogP contribution in [0.4, 0.5) is 0 Å². The number of carbonyl (C=O) groups is 2. The van der Waals surface area contributed by atoms with Crippen LogP contribution in [0.2, 0.25) is 0 Å². The molecule has 0 unspecified atom stereocenters. The minimum Gasteiger partial charge on any atom is -0.493 e. The topological polar surface area (TPSA) is 104 Å². The average Bonchev–Trinajstić information content (AvgIpc) is 2.72. The van der Waals surface area contributed by atoms with Crippen LogP contribution in [0.15, 0.2) is 53.3 Å². The minimum absolute atomic E-state index is 0.115. The highest BCUT2D eigenvalue weighted by molar-refractivity contribution is 5.98. The van der Waals surface area contributed by atoms with Crippen LogP contribution >= 0.6 is 0 Å². The Hall–Kier alpha value is -3.68. The van der Waals surface area contributed by atoms with Gasteiger partial charge in [-0.1, -0.05) is 24.3 Å². The number of H-pyrrole nitrogens is 1. The molecule has 29 heavy (non-hydrogen) atoms. The fraction of sp³-hybridized carbons (Fsp3) is 0.238. The third kappa shape index (κ3) is 4.78. The largest absolute Gasteiger partial charge is 0.493 e. The third-order valence-electron chi connectivity index (χ3n) is 4.31. The zero-order valence-electron chi connectivity index (χ0n) is 16.3. The third-order valence-corrected chi connectivity index (χ3v) is 4.31. The number of ether oxygens (including phenoxy) is 1. The van der Waals surface area contributed by atoms with E-state index in [1.165, 1.54) is 4.90 Å². The van der Waals surface area contributed by atoms with E-state index >= 15 is 0 Å². The molecule has 0 spiro atoms. The predicted molar refractivity (Wildman–Crippen MR) is 109 cm³/mol. The van der Waals surface area contributed by atoms with Crippen molar-refractivity contribution >= 4 is 22.7 Å². The molecule has 0 saturated heterocycles. The quantitative estimate of drug-likeness (QED) is 0.635. The number of nitrogens with zero attached hydrogens (tertiary/aromatic N) is 2. The summed E-state index contributed by atoms with van der Waals surface area (Å²) in [5.74, 6) is 0.125. The molecule has 2 amide bonds. The summed E-state index contributed by atoms with van der Waals surface area (Å²) in [5.41, 5.74) is 0.672. The van der Waals surface area contributed by atoms with Gasteiger partial charge in [0.2, 0.25) is 5.91 Å². The maximum atomic E-state index is 12.4. The van der Waals surface area contributed by atoms with E-state index < -0.39 is 5.91 Å². The Morgan fingerprint density at radius 3 is 2.66 bits per heavy atom. The van der Waals surface area contributed by atoms with Gasteiger partial charge in [-0.05, 0) is 31.2 Å². The lowest BCUT2D eigenvalue weighted by Crippen LogP contribution is -2.38. The summed E-state index contributed by atoms with van der Waals surface area (Å²) < 4.78 is 5.44. The van der Waals surface area contributed by atoms with Crippen molar-refractivity contribution in [1.82, 2.24) is 20.2 Å². The van der Waals surface area contributed by atoms with Gasteiger partial charge in [-0.2, -0.15) is 0 Å². The van der Waals surface area contributed by atoms with Crippen LogP contribution in [-0.4, -0.2) is 46.9 Å². The van der Waals surface area contributed by atoms with Crippen LogP contribution in [0, 0.1) is 0 Å². The highest BCUT2D eigenvalue weighted by Crippen LogP contribution is 2.17. The first-order valence-corrected chi connectivity index (χ1v) is 9.21. The van der Waals surface area contributed by atoms with Crippen molar-refractivity contribution in [1.29, 1.82) is 0 Å². The van der Waals surface area contributed by atoms with Crippen LogP contribution in [0.3, 0.4) is 0 Å². The molecule has 8 heteroatoms. The zero-order chi connectivity index (χ0) is 20.8. The number of likely N-dealkylation sites (N-methyl/N-ethyl adjacent to an activating group) is 1. The van der Waals surface area contributed by atoms with Gasteiger partial charge in [-0.25, -0.2) is 4.98 Å². The number of hydrogen-bond donors (Lipinski definition) is 2. The van der Waals surface area contributed by atoms with Crippen molar-refractivity contribution in [3.8, 4) is 5.75 Å². The molecule has 1 heterocycles. The maximum Gasteiger partial charge on any atom is 0.258 e. The summed E-state index contributed by atoms with van der Waals surface area (Å²) in [7, 11) is 1.58. The molecule has 150 valence electrons. The first-order valence-electron chi connectivity index (χ1n) is 9.21. The summed E-state index contributed by atoms with van der Waals surface area (Å²) in [6.07, 6.45) is 0. The molecule has 2 aromatic carbocycles. The first-order chi connectivity index (χ1) is 14.0. The molecule has 1 aromatic heterocycles. The SMILES string of the molecule is CCOc1ccccc1C(=O)NCC(=O)N(C)Cc1nc2ccccc2c(=O)[nH]1. The molecule has 8 nitrogen and oxygen atoms in total. The minimum atomic E-state index is -0.395. The lowest BCUT2D eigenvalue weighted by Gasteiger charge is -2.17. The summed E-state index contributed by atoms with van der Waals surface area (Å²) in [6, 6.07) is 13.8. The van der Waals surface area contributed by atoms with E-state index in [1.54, 1.807) is 55.6 Å². The monoisotopic (exact) mass is 394 g/mol. The Labute approximate surface area is 167 Å². The second-order valence-corrected chi connectivity index (χ2v) is 6.39. The first kappa shape index (κ1) is 20.1. The van der Waals surface area contributed by atoms with Gasteiger partial charge >= 0.3 is 0 Å². The number of nitrogens with one attached hydrogen (secondary N) is 2. The second kappa shape index (κ2) is 9.01. The molecule has 2 N–H and O–H groups in total. The molecule has 0 aliphatic heterocycles. The number of benzene rings is 2. The van der Waals surface area contributed by atoms with Crippen molar-refractivity contribution in [2.75, 3.05) is 20.2 Å².